The highest BCUT2D eigenvalue weighted by molar-refractivity contribution is 9.10. The molecular formula is C12H9BrF2N2O2S. The van der Waals surface area contributed by atoms with Crippen LogP contribution >= 0.6 is 15.9 Å². The Bertz CT molecular complexity index is 746. The molecule has 8 heteroatoms. The second-order valence-electron chi connectivity index (χ2n) is 3.89. The van der Waals surface area contributed by atoms with Crippen molar-refractivity contribution >= 4 is 37.3 Å². The largest absolute Gasteiger partial charge is 0.398 e. The summed E-state index contributed by atoms with van der Waals surface area (Å²) in [5.74, 6) is -1.61. The lowest BCUT2D eigenvalue weighted by Crippen LogP contribution is -2.17. The highest BCUT2D eigenvalue weighted by atomic mass is 79.9. The van der Waals surface area contributed by atoms with E-state index >= 15 is 0 Å². The highest BCUT2D eigenvalue weighted by Gasteiger charge is 2.23. The zero-order valence-electron chi connectivity index (χ0n) is 9.90. The molecular weight excluding hydrogens is 354 g/mol. The SMILES string of the molecule is Nc1cccc(F)c1S(=O)(=O)Nc1cc(F)ccc1Br. The van der Waals surface area contributed by atoms with Gasteiger partial charge in [0.15, 0.2) is 0 Å². The molecule has 0 aliphatic heterocycles. The van der Waals surface area contributed by atoms with Crippen LogP contribution in [0.2, 0.25) is 0 Å². The monoisotopic (exact) mass is 362 g/mol. The summed E-state index contributed by atoms with van der Waals surface area (Å²) in [6.45, 7) is 0. The molecule has 0 saturated heterocycles. The van der Waals surface area contributed by atoms with Gasteiger partial charge in [0.1, 0.15) is 16.5 Å². The molecule has 0 aliphatic carbocycles. The fraction of sp³-hybridized carbons (Fsp3) is 0. The van der Waals surface area contributed by atoms with Crippen LogP contribution in [-0.4, -0.2) is 8.42 Å². The van der Waals surface area contributed by atoms with Crippen molar-refractivity contribution in [2.24, 2.45) is 0 Å². The number of nitrogen functional groups attached to an aromatic ring is 1. The Kier molecular flexibility index (Phi) is 3.96. The molecule has 0 radical (unpaired) electrons. The summed E-state index contributed by atoms with van der Waals surface area (Å²) < 4.78 is 53.4. The van der Waals surface area contributed by atoms with Crippen LogP contribution in [0.1, 0.15) is 0 Å². The molecule has 0 spiro atoms. The van der Waals surface area contributed by atoms with Crippen LogP contribution in [-0.2, 0) is 10.0 Å². The minimum Gasteiger partial charge on any atom is -0.398 e. The lowest BCUT2D eigenvalue weighted by atomic mass is 10.3. The molecule has 2 aromatic carbocycles. The number of hydrogen-bond acceptors (Lipinski definition) is 3. The van der Waals surface area contributed by atoms with Gasteiger partial charge in [-0.1, -0.05) is 6.07 Å². The second-order valence-corrected chi connectivity index (χ2v) is 6.36. The molecule has 0 aliphatic rings. The molecule has 0 heterocycles. The average molecular weight is 363 g/mol. The summed E-state index contributed by atoms with van der Waals surface area (Å²) in [5.41, 5.74) is 5.20. The summed E-state index contributed by atoms with van der Waals surface area (Å²) >= 11 is 3.07. The first-order valence-electron chi connectivity index (χ1n) is 5.33. The van der Waals surface area contributed by atoms with E-state index in [0.29, 0.717) is 4.47 Å². The van der Waals surface area contributed by atoms with Crippen molar-refractivity contribution < 1.29 is 17.2 Å². The molecule has 0 atom stereocenters. The van der Waals surface area contributed by atoms with E-state index in [-0.39, 0.29) is 11.4 Å². The van der Waals surface area contributed by atoms with Crippen LogP contribution in [0, 0.1) is 11.6 Å². The van der Waals surface area contributed by atoms with E-state index in [1.54, 1.807) is 0 Å². The lowest BCUT2D eigenvalue weighted by molar-refractivity contribution is 0.571. The van der Waals surface area contributed by atoms with Crippen LogP contribution < -0.4 is 10.5 Å². The Morgan fingerprint density at radius 3 is 2.50 bits per heavy atom. The van der Waals surface area contributed by atoms with Gasteiger partial charge in [0.2, 0.25) is 0 Å². The second kappa shape index (κ2) is 5.37. The maximum absolute atomic E-state index is 13.6. The van der Waals surface area contributed by atoms with Gasteiger partial charge in [-0.2, -0.15) is 0 Å². The summed E-state index contributed by atoms with van der Waals surface area (Å²) in [6, 6.07) is 6.99. The van der Waals surface area contributed by atoms with Crippen molar-refractivity contribution in [2.75, 3.05) is 10.5 Å². The first kappa shape index (κ1) is 14.7. The van der Waals surface area contributed by atoms with Gasteiger partial charge in [-0.15, -0.1) is 0 Å². The molecule has 3 N–H and O–H groups in total. The smallest absolute Gasteiger partial charge is 0.266 e. The molecule has 0 fully saturated rings. The van der Waals surface area contributed by atoms with Gasteiger partial charge in [0.05, 0.1) is 11.4 Å². The summed E-state index contributed by atoms with van der Waals surface area (Å²) in [5, 5.41) is 0. The molecule has 20 heavy (non-hydrogen) atoms. The fourth-order valence-electron chi connectivity index (χ4n) is 1.58. The van der Waals surface area contributed by atoms with Crippen LogP contribution in [0.25, 0.3) is 0 Å². The van der Waals surface area contributed by atoms with E-state index in [1.165, 1.54) is 18.2 Å². The van der Waals surface area contributed by atoms with Gasteiger partial charge < -0.3 is 5.73 Å². The molecule has 2 rings (SSSR count). The average Bonchev–Trinajstić information content (AvgIpc) is 2.33. The van der Waals surface area contributed by atoms with Crippen molar-refractivity contribution in [1.82, 2.24) is 0 Å². The molecule has 2 aromatic rings. The van der Waals surface area contributed by atoms with Gasteiger partial charge in [-0.05, 0) is 46.3 Å². The van der Waals surface area contributed by atoms with Crippen LogP contribution in [0.4, 0.5) is 20.2 Å². The van der Waals surface area contributed by atoms with Crippen LogP contribution in [0.5, 0.6) is 0 Å². The molecule has 4 nitrogen and oxygen atoms in total. The van der Waals surface area contributed by atoms with E-state index in [1.807, 2.05) is 0 Å². The Morgan fingerprint density at radius 2 is 1.85 bits per heavy atom. The summed E-state index contributed by atoms with van der Waals surface area (Å²) in [4.78, 5) is -0.670. The van der Waals surface area contributed by atoms with Crippen molar-refractivity contribution in [3.63, 3.8) is 0 Å². The number of sulfonamides is 1. The molecule has 0 amide bonds. The predicted molar refractivity (Wildman–Crippen MR) is 75.7 cm³/mol. The number of anilines is 2. The Labute approximate surface area is 122 Å². The number of rotatable bonds is 3. The molecule has 0 bridgehead atoms. The Hall–Kier alpha value is -1.67. The van der Waals surface area contributed by atoms with Crippen LogP contribution in [0.15, 0.2) is 45.8 Å². The number of nitrogens with two attached hydrogens (primary N) is 1. The van der Waals surface area contributed by atoms with Crippen LogP contribution in [0.3, 0.4) is 0 Å². The van der Waals surface area contributed by atoms with E-state index in [4.69, 9.17) is 5.73 Å². The fourth-order valence-corrected chi connectivity index (χ4v) is 3.32. The number of benzene rings is 2. The predicted octanol–water partition coefficient (Wildman–Crippen LogP) is 3.11. The molecule has 0 aromatic heterocycles. The van der Waals surface area contributed by atoms with Crippen molar-refractivity contribution in [3.8, 4) is 0 Å². The summed E-state index contributed by atoms with van der Waals surface area (Å²) in [7, 11) is -4.26. The molecule has 106 valence electrons. The Morgan fingerprint density at radius 1 is 1.15 bits per heavy atom. The lowest BCUT2D eigenvalue weighted by Gasteiger charge is -2.12. The van der Waals surface area contributed by atoms with Gasteiger partial charge >= 0.3 is 0 Å². The van der Waals surface area contributed by atoms with Crippen molar-refractivity contribution in [2.45, 2.75) is 4.90 Å². The zero-order chi connectivity index (χ0) is 14.9. The van der Waals surface area contributed by atoms with E-state index in [2.05, 4.69) is 20.7 Å². The van der Waals surface area contributed by atoms with Gasteiger partial charge in [0, 0.05) is 4.47 Å². The normalized spacial score (nSPS) is 11.3. The van der Waals surface area contributed by atoms with E-state index in [9.17, 15) is 17.2 Å². The minimum atomic E-state index is -4.26. The standard InChI is InChI=1S/C12H9BrF2N2O2S/c13-8-5-4-7(14)6-11(8)17-20(18,19)12-9(15)2-1-3-10(12)16/h1-6,17H,16H2. The number of nitrogens with one attached hydrogen (secondary N) is 1. The van der Waals surface area contributed by atoms with Gasteiger partial charge in [0.25, 0.3) is 10.0 Å². The van der Waals surface area contributed by atoms with Gasteiger partial charge in [-0.25, -0.2) is 17.2 Å². The third-order valence-electron chi connectivity index (χ3n) is 2.44. The summed E-state index contributed by atoms with van der Waals surface area (Å²) in [6.07, 6.45) is 0. The minimum absolute atomic E-state index is 0.0485. The quantitative estimate of drug-likeness (QED) is 0.824. The van der Waals surface area contributed by atoms with Crippen molar-refractivity contribution in [1.29, 1.82) is 0 Å². The maximum Gasteiger partial charge on any atom is 0.266 e. The third kappa shape index (κ3) is 2.91. The van der Waals surface area contributed by atoms with E-state index in [0.717, 1.165) is 18.2 Å². The Balaban J connectivity index is 2.49. The number of halogens is 3. The van der Waals surface area contributed by atoms with Gasteiger partial charge in [-0.3, -0.25) is 4.72 Å². The first-order chi connectivity index (χ1) is 9.31. The topological polar surface area (TPSA) is 72.2 Å². The third-order valence-corrected chi connectivity index (χ3v) is 4.59. The highest BCUT2D eigenvalue weighted by Crippen LogP contribution is 2.28. The van der Waals surface area contributed by atoms with E-state index < -0.39 is 26.6 Å². The first-order valence-corrected chi connectivity index (χ1v) is 7.61. The van der Waals surface area contributed by atoms with Crippen molar-refractivity contribution in [3.05, 3.63) is 52.5 Å². The maximum atomic E-state index is 13.6. The molecule has 0 unspecified atom stereocenters. The number of hydrogen-bond donors (Lipinski definition) is 2. The molecule has 0 saturated carbocycles. The zero-order valence-corrected chi connectivity index (χ0v) is 12.3.